The fourth-order valence-corrected chi connectivity index (χ4v) is 1.81. The third kappa shape index (κ3) is 2.34. The summed E-state index contributed by atoms with van der Waals surface area (Å²) in [5, 5.41) is 0.788. The summed E-state index contributed by atoms with van der Waals surface area (Å²) in [4.78, 5) is 15.1. The largest absolute Gasteiger partial charge is 0.327 e. The molecule has 1 aromatic rings. The Morgan fingerprint density at radius 2 is 2.31 bits per heavy atom. The average molecular weight is 198 g/mol. The molecule has 0 aromatic carbocycles. The van der Waals surface area contributed by atoms with Crippen molar-refractivity contribution in [3.05, 3.63) is 22.1 Å². The number of rotatable bonds is 3. The maximum Gasteiger partial charge on any atom is 0.273 e. The van der Waals surface area contributed by atoms with Crippen LogP contribution < -0.4 is 5.56 Å². The highest BCUT2D eigenvalue weighted by Gasteiger charge is 2.03. The molecule has 0 bridgehead atoms. The van der Waals surface area contributed by atoms with Gasteiger partial charge in [0, 0.05) is 18.8 Å². The molecule has 0 aliphatic carbocycles. The molecule has 0 atom stereocenters. The lowest BCUT2D eigenvalue weighted by molar-refractivity contribution is 0.663. The topological polar surface area (TPSA) is 34.9 Å². The van der Waals surface area contributed by atoms with E-state index in [1.165, 1.54) is 11.8 Å². The Kier molecular flexibility index (Phi) is 3.54. The first-order chi connectivity index (χ1) is 6.19. The predicted octanol–water partition coefficient (Wildman–Crippen LogP) is 1.45. The van der Waals surface area contributed by atoms with Crippen molar-refractivity contribution in [3.8, 4) is 0 Å². The first-order valence-electron chi connectivity index (χ1n) is 4.30. The van der Waals surface area contributed by atoms with Crippen LogP contribution in [-0.4, -0.2) is 15.8 Å². The van der Waals surface area contributed by atoms with E-state index in [2.05, 4.69) is 11.9 Å². The monoisotopic (exact) mass is 198 g/mol. The molecule has 0 aliphatic heterocycles. The van der Waals surface area contributed by atoms with Crippen LogP contribution in [0.4, 0.5) is 0 Å². The minimum absolute atomic E-state index is 0.133. The quantitative estimate of drug-likeness (QED) is 0.544. The van der Waals surface area contributed by atoms with Gasteiger partial charge < -0.3 is 4.57 Å². The van der Waals surface area contributed by atoms with Crippen LogP contribution >= 0.6 is 11.8 Å². The summed E-state index contributed by atoms with van der Waals surface area (Å²) in [5.74, 6) is 0. The van der Waals surface area contributed by atoms with Crippen molar-refractivity contribution in [2.75, 3.05) is 6.26 Å². The zero-order chi connectivity index (χ0) is 9.84. The van der Waals surface area contributed by atoms with Gasteiger partial charge in [-0.25, -0.2) is 0 Å². The third-order valence-electron chi connectivity index (χ3n) is 1.90. The summed E-state index contributed by atoms with van der Waals surface area (Å²) < 4.78 is 1.98. The molecule has 0 fully saturated rings. The lowest BCUT2D eigenvalue weighted by Gasteiger charge is -2.09. The van der Waals surface area contributed by atoms with Gasteiger partial charge in [0.15, 0.2) is 5.16 Å². The summed E-state index contributed by atoms with van der Waals surface area (Å²) in [5.41, 5.74) is 0.928. The fraction of sp³-hybridized carbons (Fsp3) is 0.556. The van der Waals surface area contributed by atoms with Gasteiger partial charge >= 0.3 is 0 Å². The summed E-state index contributed by atoms with van der Waals surface area (Å²) in [6.07, 6.45) is 3.91. The molecule has 0 saturated carbocycles. The van der Waals surface area contributed by atoms with Crippen molar-refractivity contribution < 1.29 is 0 Å². The molecule has 1 heterocycles. The Morgan fingerprint density at radius 1 is 1.62 bits per heavy atom. The van der Waals surface area contributed by atoms with Crippen molar-refractivity contribution in [1.29, 1.82) is 0 Å². The number of aryl methyl sites for hydroxylation is 1. The summed E-state index contributed by atoms with van der Waals surface area (Å²) >= 11 is 1.50. The minimum Gasteiger partial charge on any atom is -0.327 e. The fourth-order valence-electron chi connectivity index (χ4n) is 1.24. The maximum atomic E-state index is 11.2. The molecule has 3 nitrogen and oxygen atoms in total. The van der Waals surface area contributed by atoms with Gasteiger partial charge in [0.2, 0.25) is 0 Å². The van der Waals surface area contributed by atoms with E-state index in [9.17, 15) is 4.79 Å². The second kappa shape index (κ2) is 4.46. The number of thioether (sulfide) groups is 1. The Labute approximate surface area is 82.2 Å². The van der Waals surface area contributed by atoms with E-state index >= 15 is 0 Å². The highest BCUT2D eigenvalue weighted by molar-refractivity contribution is 7.98. The van der Waals surface area contributed by atoms with Crippen LogP contribution in [0.15, 0.2) is 16.0 Å². The molecule has 0 radical (unpaired) electrons. The van der Waals surface area contributed by atoms with Crippen LogP contribution in [0.2, 0.25) is 0 Å². The Morgan fingerprint density at radius 3 is 2.85 bits per heavy atom. The van der Waals surface area contributed by atoms with E-state index in [-0.39, 0.29) is 5.56 Å². The van der Waals surface area contributed by atoms with Crippen molar-refractivity contribution in [1.82, 2.24) is 9.55 Å². The van der Waals surface area contributed by atoms with Crippen LogP contribution in [0.25, 0.3) is 0 Å². The SMILES string of the molecule is CCCc1cc(=O)nc(SC)n1C. The number of hydrogen-bond donors (Lipinski definition) is 0. The van der Waals surface area contributed by atoms with Crippen LogP contribution in [0.5, 0.6) is 0 Å². The van der Waals surface area contributed by atoms with Gasteiger partial charge in [0.1, 0.15) is 0 Å². The molecule has 0 unspecified atom stereocenters. The summed E-state index contributed by atoms with van der Waals surface area (Å²) in [6, 6.07) is 1.61. The highest BCUT2D eigenvalue weighted by Crippen LogP contribution is 2.10. The van der Waals surface area contributed by atoms with E-state index in [0.29, 0.717) is 0 Å². The molecule has 4 heteroatoms. The van der Waals surface area contributed by atoms with Gasteiger partial charge in [-0.3, -0.25) is 4.79 Å². The van der Waals surface area contributed by atoms with Gasteiger partial charge in [-0.05, 0) is 12.7 Å². The maximum absolute atomic E-state index is 11.2. The van der Waals surface area contributed by atoms with Gasteiger partial charge in [-0.1, -0.05) is 25.1 Å². The van der Waals surface area contributed by atoms with Crippen molar-refractivity contribution in [2.24, 2.45) is 7.05 Å². The van der Waals surface area contributed by atoms with Crippen LogP contribution in [0.3, 0.4) is 0 Å². The van der Waals surface area contributed by atoms with Crippen LogP contribution in [-0.2, 0) is 13.5 Å². The van der Waals surface area contributed by atoms with E-state index in [1.54, 1.807) is 6.07 Å². The first-order valence-corrected chi connectivity index (χ1v) is 5.52. The second-order valence-corrected chi connectivity index (χ2v) is 3.65. The molecule has 0 aliphatic rings. The van der Waals surface area contributed by atoms with Crippen molar-refractivity contribution >= 4 is 11.8 Å². The molecule has 13 heavy (non-hydrogen) atoms. The van der Waals surface area contributed by atoms with Crippen LogP contribution in [0, 0.1) is 0 Å². The molecule has 0 amide bonds. The molecule has 0 saturated heterocycles. The second-order valence-electron chi connectivity index (χ2n) is 2.88. The van der Waals surface area contributed by atoms with E-state index in [4.69, 9.17) is 0 Å². The molecule has 1 aromatic heterocycles. The molecular formula is C9H14N2OS. The van der Waals surface area contributed by atoms with Gasteiger partial charge in [0.05, 0.1) is 0 Å². The third-order valence-corrected chi connectivity index (χ3v) is 2.63. The molecule has 72 valence electrons. The normalized spacial score (nSPS) is 10.4. The molecular weight excluding hydrogens is 184 g/mol. The molecule has 0 N–H and O–H groups in total. The van der Waals surface area contributed by atoms with E-state index in [1.807, 2.05) is 17.9 Å². The first kappa shape index (κ1) is 10.3. The summed E-state index contributed by atoms with van der Waals surface area (Å²) in [6.45, 7) is 2.10. The van der Waals surface area contributed by atoms with Crippen LogP contribution in [0.1, 0.15) is 19.0 Å². The molecule has 0 spiro atoms. The standard InChI is InChI=1S/C9H14N2OS/c1-4-5-7-6-8(12)10-9(13-3)11(7)2/h6H,4-5H2,1-3H3. The predicted molar refractivity (Wildman–Crippen MR) is 55.3 cm³/mol. The summed E-state index contributed by atoms with van der Waals surface area (Å²) in [7, 11) is 1.95. The lowest BCUT2D eigenvalue weighted by Crippen LogP contribution is -2.15. The Bertz CT molecular complexity index is 346. The zero-order valence-corrected chi connectivity index (χ0v) is 9.02. The zero-order valence-electron chi connectivity index (χ0n) is 8.20. The Hall–Kier alpha value is -0.770. The van der Waals surface area contributed by atoms with Crippen molar-refractivity contribution in [3.63, 3.8) is 0 Å². The average Bonchev–Trinajstić information content (AvgIpc) is 2.11. The smallest absolute Gasteiger partial charge is 0.273 e. The number of hydrogen-bond acceptors (Lipinski definition) is 3. The van der Waals surface area contributed by atoms with Crippen molar-refractivity contribution in [2.45, 2.75) is 24.9 Å². The van der Waals surface area contributed by atoms with E-state index < -0.39 is 0 Å². The van der Waals surface area contributed by atoms with E-state index in [0.717, 1.165) is 23.7 Å². The van der Waals surface area contributed by atoms with Gasteiger partial charge in [0.25, 0.3) is 5.56 Å². The lowest BCUT2D eigenvalue weighted by atomic mass is 10.2. The van der Waals surface area contributed by atoms with Gasteiger partial charge in [-0.2, -0.15) is 4.98 Å². The molecule has 1 rings (SSSR count). The highest BCUT2D eigenvalue weighted by atomic mass is 32.2. The van der Waals surface area contributed by atoms with Gasteiger partial charge in [-0.15, -0.1) is 0 Å². The Balaban J connectivity index is 3.19. The number of nitrogens with zero attached hydrogens (tertiary/aromatic N) is 2. The number of aromatic nitrogens is 2. The minimum atomic E-state index is -0.133.